The number of methoxy groups -OCH3 is 1. The highest BCUT2D eigenvalue weighted by molar-refractivity contribution is 9.10. The van der Waals surface area contributed by atoms with Crippen molar-refractivity contribution in [1.82, 2.24) is 4.98 Å². The van der Waals surface area contributed by atoms with Gasteiger partial charge in [0.15, 0.2) is 11.6 Å². The standard InChI is InChI=1S/C15H15BrN2O2/c1-19-13-4-2-11(3-5-13)10-18-6-7-20-14-8-12(16)9-17-15(14)18/h2-5,8-9H,6-7,10H2,1H3. The molecule has 0 saturated carbocycles. The summed E-state index contributed by atoms with van der Waals surface area (Å²) in [5, 5.41) is 0. The van der Waals surface area contributed by atoms with Gasteiger partial charge in [0.2, 0.25) is 0 Å². The van der Waals surface area contributed by atoms with Gasteiger partial charge in [0.1, 0.15) is 12.4 Å². The normalized spacial score (nSPS) is 13.6. The molecule has 0 radical (unpaired) electrons. The minimum atomic E-state index is 0.682. The Kier molecular flexibility index (Phi) is 3.78. The Hall–Kier alpha value is -1.75. The zero-order valence-corrected chi connectivity index (χ0v) is 12.8. The van der Waals surface area contributed by atoms with Crippen molar-refractivity contribution in [3.05, 3.63) is 46.6 Å². The number of hydrogen-bond donors (Lipinski definition) is 0. The zero-order chi connectivity index (χ0) is 13.9. The summed E-state index contributed by atoms with van der Waals surface area (Å²) in [5.41, 5.74) is 1.23. The molecule has 2 aromatic rings. The topological polar surface area (TPSA) is 34.6 Å². The second-order valence-electron chi connectivity index (χ2n) is 4.59. The van der Waals surface area contributed by atoms with Gasteiger partial charge in [-0.15, -0.1) is 0 Å². The van der Waals surface area contributed by atoms with E-state index in [2.05, 4.69) is 37.9 Å². The summed E-state index contributed by atoms with van der Waals surface area (Å²) in [5.74, 6) is 2.60. The lowest BCUT2D eigenvalue weighted by atomic mass is 10.2. The highest BCUT2D eigenvalue weighted by atomic mass is 79.9. The van der Waals surface area contributed by atoms with Crippen LogP contribution in [-0.2, 0) is 6.54 Å². The number of benzene rings is 1. The molecule has 5 heteroatoms. The third-order valence-corrected chi connectivity index (χ3v) is 3.68. The number of halogens is 1. The van der Waals surface area contributed by atoms with Gasteiger partial charge in [0.25, 0.3) is 0 Å². The van der Waals surface area contributed by atoms with Crippen molar-refractivity contribution in [1.29, 1.82) is 0 Å². The molecule has 4 nitrogen and oxygen atoms in total. The molecule has 2 heterocycles. The summed E-state index contributed by atoms with van der Waals surface area (Å²) in [6.07, 6.45) is 1.80. The Bertz CT molecular complexity index is 601. The van der Waals surface area contributed by atoms with Crippen LogP contribution >= 0.6 is 15.9 Å². The van der Waals surface area contributed by atoms with E-state index < -0.39 is 0 Å². The van der Waals surface area contributed by atoms with Gasteiger partial charge in [0, 0.05) is 17.2 Å². The third kappa shape index (κ3) is 2.72. The quantitative estimate of drug-likeness (QED) is 0.862. The summed E-state index contributed by atoms with van der Waals surface area (Å²) in [7, 11) is 1.68. The number of anilines is 1. The van der Waals surface area contributed by atoms with Crippen molar-refractivity contribution in [3.63, 3.8) is 0 Å². The molecule has 0 spiro atoms. The van der Waals surface area contributed by atoms with Crippen LogP contribution in [0.25, 0.3) is 0 Å². The molecule has 1 aromatic carbocycles. The maximum Gasteiger partial charge on any atom is 0.171 e. The van der Waals surface area contributed by atoms with Gasteiger partial charge in [-0.1, -0.05) is 12.1 Å². The van der Waals surface area contributed by atoms with Crippen molar-refractivity contribution in [3.8, 4) is 11.5 Å². The van der Waals surface area contributed by atoms with Gasteiger partial charge in [-0.25, -0.2) is 4.98 Å². The maximum atomic E-state index is 5.65. The lowest BCUT2D eigenvalue weighted by Gasteiger charge is -2.30. The van der Waals surface area contributed by atoms with Crippen LogP contribution in [0.2, 0.25) is 0 Å². The Morgan fingerprint density at radius 1 is 1.35 bits per heavy atom. The first kappa shape index (κ1) is 13.2. The van der Waals surface area contributed by atoms with Crippen molar-refractivity contribution >= 4 is 21.7 Å². The first-order valence-electron chi connectivity index (χ1n) is 6.42. The van der Waals surface area contributed by atoms with Gasteiger partial charge < -0.3 is 14.4 Å². The Labute approximate surface area is 126 Å². The Morgan fingerprint density at radius 3 is 2.90 bits per heavy atom. The maximum absolute atomic E-state index is 5.65. The molecule has 1 aliphatic rings. The molecular formula is C15H15BrN2O2. The number of ether oxygens (including phenoxy) is 2. The zero-order valence-electron chi connectivity index (χ0n) is 11.2. The number of rotatable bonds is 3. The molecule has 104 valence electrons. The third-order valence-electron chi connectivity index (χ3n) is 3.25. The molecule has 0 amide bonds. The van der Waals surface area contributed by atoms with Gasteiger partial charge >= 0.3 is 0 Å². The largest absolute Gasteiger partial charge is 0.497 e. The van der Waals surface area contributed by atoms with Crippen molar-refractivity contribution in [2.45, 2.75) is 6.54 Å². The average Bonchev–Trinajstić information content (AvgIpc) is 2.48. The second kappa shape index (κ2) is 5.71. The van der Waals surface area contributed by atoms with Crippen LogP contribution in [0.15, 0.2) is 41.0 Å². The Balaban J connectivity index is 1.81. The summed E-state index contributed by atoms with van der Waals surface area (Å²) < 4.78 is 11.8. The van der Waals surface area contributed by atoms with E-state index in [4.69, 9.17) is 9.47 Å². The van der Waals surface area contributed by atoms with Crippen LogP contribution in [0.3, 0.4) is 0 Å². The van der Waals surface area contributed by atoms with E-state index in [1.807, 2.05) is 18.2 Å². The Morgan fingerprint density at radius 2 is 2.15 bits per heavy atom. The number of hydrogen-bond acceptors (Lipinski definition) is 4. The number of aromatic nitrogens is 1. The molecule has 0 unspecified atom stereocenters. The smallest absolute Gasteiger partial charge is 0.171 e. The summed E-state index contributed by atoms with van der Waals surface area (Å²) >= 11 is 3.42. The summed E-state index contributed by atoms with van der Waals surface area (Å²) in [4.78, 5) is 6.69. The van der Waals surface area contributed by atoms with Crippen LogP contribution in [0.4, 0.5) is 5.82 Å². The van der Waals surface area contributed by atoms with Gasteiger partial charge in [-0.2, -0.15) is 0 Å². The molecular weight excluding hydrogens is 320 g/mol. The van der Waals surface area contributed by atoms with Crippen LogP contribution in [-0.4, -0.2) is 25.2 Å². The minimum absolute atomic E-state index is 0.682. The van der Waals surface area contributed by atoms with Crippen LogP contribution < -0.4 is 14.4 Å². The second-order valence-corrected chi connectivity index (χ2v) is 5.51. The molecule has 0 saturated heterocycles. The van der Waals surface area contributed by atoms with E-state index in [0.717, 1.165) is 34.9 Å². The molecule has 0 aliphatic carbocycles. The van der Waals surface area contributed by atoms with E-state index in [-0.39, 0.29) is 0 Å². The van der Waals surface area contributed by atoms with Crippen molar-refractivity contribution in [2.24, 2.45) is 0 Å². The molecule has 1 aliphatic heterocycles. The molecule has 0 fully saturated rings. The van der Waals surface area contributed by atoms with Crippen LogP contribution in [0.5, 0.6) is 11.5 Å². The van der Waals surface area contributed by atoms with Crippen LogP contribution in [0, 0.1) is 0 Å². The molecule has 0 bridgehead atoms. The number of pyridine rings is 1. The predicted molar refractivity (Wildman–Crippen MR) is 81.5 cm³/mol. The van der Waals surface area contributed by atoms with Gasteiger partial charge in [0.05, 0.1) is 13.7 Å². The summed E-state index contributed by atoms with van der Waals surface area (Å²) in [6.45, 7) is 2.34. The fraction of sp³-hybridized carbons (Fsp3) is 0.267. The fourth-order valence-corrected chi connectivity index (χ4v) is 2.54. The predicted octanol–water partition coefficient (Wildman–Crippen LogP) is 3.25. The lowest BCUT2D eigenvalue weighted by Crippen LogP contribution is -2.32. The SMILES string of the molecule is COc1ccc(CN2CCOc3cc(Br)cnc32)cc1. The molecule has 3 rings (SSSR count). The highest BCUT2D eigenvalue weighted by Gasteiger charge is 2.19. The molecule has 20 heavy (non-hydrogen) atoms. The van der Waals surface area contributed by atoms with Gasteiger partial charge in [-0.05, 0) is 39.7 Å². The van der Waals surface area contributed by atoms with E-state index in [1.165, 1.54) is 5.56 Å². The first-order valence-corrected chi connectivity index (χ1v) is 7.22. The highest BCUT2D eigenvalue weighted by Crippen LogP contribution is 2.32. The van der Waals surface area contributed by atoms with E-state index >= 15 is 0 Å². The monoisotopic (exact) mass is 334 g/mol. The number of nitrogens with zero attached hydrogens (tertiary/aromatic N) is 2. The minimum Gasteiger partial charge on any atom is -0.497 e. The van der Waals surface area contributed by atoms with Crippen LogP contribution in [0.1, 0.15) is 5.56 Å². The fourth-order valence-electron chi connectivity index (χ4n) is 2.23. The van der Waals surface area contributed by atoms with E-state index in [0.29, 0.717) is 6.61 Å². The molecule has 0 N–H and O–H groups in total. The van der Waals surface area contributed by atoms with Gasteiger partial charge in [-0.3, -0.25) is 0 Å². The summed E-state index contributed by atoms with van der Waals surface area (Å²) in [6, 6.07) is 10.1. The first-order chi connectivity index (χ1) is 9.76. The van der Waals surface area contributed by atoms with Crippen molar-refractivity contribution in [2.75, 3.05) is 25.2 Å². The number of fused-ring (bicyclic) bond motifs is 1. The molecule has 1 aromatic heterocycles. The van der Waals surface area contributed by atoms with Crippen molar-refractivity contribution < 1.29 is 9.47 Å². The van der Waals surface area contributed by atoms with E-state index in [1.54, 1.807) is 13.3 Å². The average molecular weight is 335 g/mol. The lowest BCUT2D eigenvalue weighted by molar-refractivity contribution is 0.304. The van der Waals surface area contributed by atoms with E-state index in [9.17, 15) is 0 Å². The molecule has 0 atom stereocenters.